The second-order valence-corrected chi connectivity index (χ2v) is 4.83. The van der Waals surface area contributed by atoms with Gasteiger partial charge in [0.25, 0.3) is 0 Å². The van der Waals surface area contributed by atoms with E-state index in [1.807, 2.05) is 0 Å². The standard InChI is InChI=1S/C11H23NO2/c1-11(2,3)14-8-7-13-9-10-5-4-6-12-10/h10,12H,4-9H2,1-3H3/t10-/m1/s1. The predicted octanol–water partition coefficient (Wildman–Crippen LogP) is 1.57. The molecule has 1 atom stereocenters. The maximum Gasteiger partial charge on any atom is 0.0707 e. The van der Waals surface area contributed by atoms with Gasteiger partial charge in [-0.05, 0) is 40.2 Å². The van der Waals surface area contributed by atoms with Gasteiger partial charge in [-0.3, -0.25) is 0 Å². The molecule has 0 aromatic heterocycles. The van der Waals surface area contributed by atoms with Gasteiger partial charge in [-0.15, -0.1) is 0 Å². The fourth-order valence-electron chi connectivity index (χ4n) is 1.53. The molecular formula is C11H23NO2. The van der Waals surface area contributed by atoms with Crippen LogP contribution in [0.25, 0.3) is 0 Å². The van der Waals surface area contributed by atoms with Gasteiger partial charge >= 0.3 is 0 Å². The van der Waals surface area contributed by atoms with Crippen LogP contribution in [0.4, 0.5) is 0 Å². The zero-order valence-corrected chi connectivity index (χ0v) is 9.64. The summed E-state index contributed by atoms with van der Waals surface area (Å²) in [5.74, 6) is 0. The molecular weight excluding hydrogens is 178 g/mol. The van der Waals surface area contributed by atoms with Crippen LogP contribution in [0.5, 0.6) is 0 Å². The first kappa shape index (κ1) is 12.0. The van der Waals surface area contributed by atoms with E-state index in [1.54, 1.807) is 0 Å². The highest BCUT2D eigenvalue weighted by atomic mass is 16.5. The minimum atomic E-state index is -0.0467. The molecule has 1 saturated heterocycles. The van der Waals surface area contributed by atoms with Crippen molar-refractivity contribution in [2.45, 2.75) is 45.3 Å². The Labute approximate surface area is 87.2 Å². The van der Waals surface area contributed by atoms with Gasteiger partial charge in [-0.2, -0.15) is 0 Å². The van der Waals surface area contributed by atoms with Gasteiger partial charge in [0.05, 0.1) is 25.4 Å². The van der Waals surface area contributed by atoms with Crippen LogP contribution in [0.15, 0.2) is 0 Å². The van der Waals surface area contributed by atoms with E-state index in [0.717, 1.165) is 13.2 Å². The second-order valence-electron chi connectivity index (χ2n) is 4.83. The molecule has 0 spiro atoms. The molecule has 0 aromatic rings. The van der Waals surface area contributed by atoms with Crippen LogP contribution < -0.4 is 5.32 Å². The van der Waals surface area contributed by atoms with Gasteiger partial charge in [-0.1, -0.05) is 0 Å². The minimum absolute atomic E-state index is 0.0467. The normalized spacial score (nSPS) is 22.9. The summed E-state index contributed by atoms with van der Waals surface area (Å²) >= 11 is 0. The summed E-state index contributed by atoms with van der Waals surface area (Å²) < 4.78 is 11.1. The number of rotatable bonds is 5. The van der Waals surface area contributed by atoms with Crippen LogP contribution in [0.1, 0.15) is 33.6 Å². The van der Waals surface area contributed by atoms with Gasteiger partial charge in [0.2, 0.25) is 0 Å². The summed E-state index contributed by atoms with van der Waals surface area (Å²) in [7, 11) is 0. The zero-order chi connectivity index (χ0) is 10.4. The highest BCUT2D eigenvalue weighted by Gasteiger charge is 2.14. The first-order valence-corrected chi connectivity index (χ1v) is 5.53. The lowest BCUT2D eigenvalue weighted by Gasteiger charge is -2.19. The van der Waals surface area contributed by atoms with Gasteiger partial charge in [-0.25, -0.2) is 0 Å². The molecule has 0 bridgehead atoms. The van der Waals surface area contributed by atoms with E-state index in [-0.39, 0.29) is 5.60 Å². The molecule has 0 radical (unpaired) electrons. The lowest BCUT2D eigenvalue weighted by molar-refractivity contribution is -0.0367. The monoisotopic (exact) mass is 201 g/mol. The minimum Gasteiger partial charge on any atom is -0.377 e. The molecule has 0 amide bonds. The molecule has 0 saturated carbocycles. The molecule has 1 N–H and O–H groups in total. The largest absolute Gasteiger partial charge is 0.377 e. The summed E-state index contributed by atoms with van der Waals surface area (Å²) in [6, 6.07) is 0.574. The lowest BCUT2D eigenvalue weighted by Crippen LogP contribution is -2.28. The number of nitrogens with one attached hydrogen (secondary N) is 1. The van der Waals surface area contributed by atoms with Gasteiger partial charge < -0.3 is 14.8 Å². The van der Waals surface area contributed by atoms with Crippen LogP contribution in [-0.4, -0.2) is 38.0 Å². The van der Waals surface area contributed by atoms with Crippen molar-refractivity contribution in [3.8, 4) is 0 Å². The number of ether oxygens (including phenoxy) is 2. The van der Waals surface area contributed by atoms with Gasteiger partial charge in [0.1, 0.15) is 0 Å². The van der Waals surface area contributed by atoms with Crippen molar-refractivity contribution in [1.82, 2.24) is 5.32 Å². The molecule has 0 aromatic carbocycles. The predicted molar refractivity (Wildman–Crippen MR) is 57.5 cm³/mol. The van der Waals surface area contributed by atoms with E-state index < -0.39 is 0 Å². The van der Waals surface area contributed by atoms with Crippen LogP contribution in [0.3, 0.4) is 0 Å². The Morgan fingerprint density at radius 1 is 1.29 bits per heavy atom. The first-order valence-electron chi connectivity index (χ1n) is 5.53. The Kier molecular flexibility index (Phi) is 4.85. The molecule has 0 unspecified atom stereocenters. The number of hydrogen-bond acceptors (Lipinski definition) is 3. The van der Waals surface area contributed by atoms with Crippen molar-refractivity contribution in [1.29, 1.82) is 0 Å². The SMILES string of the molecule is CC(C)(C)OCCOC[C@H]1CCCN1. The third-order valence-corrected chi connectivity index (χ3v) is 2.24. The molecule has 1 aliphatic rings. The van der Waals surface area contributed by atoms with Crippen LogP contribution in [0.2, 0.25) is 0 Å². The maximum atomic E-state index is 5.55. The lowest BCUT2D eigenvalue weighted by atomic mass is 10.2. The summed E-state index contributed by atoms with van der Waals surface area (Å²) in [6.45, 7) is 9.55. The van der Waals surface area contributed by atoms with Crippen molar-refractivity contribution < 1.29 is 9.47 Å². The van der Waals surface area contributed by atoms with Crippen molar-refractivity contribution in [2.75, 3.05) is 26.4 Å². The Balaban J connectivity index is 1.89. The fourth-order valence-corrected chi connectivity index (χ4v) is 1.53. The van der Waals surface area contributed by atoms with Crippen LogP contribution in [-0.2, 0) is 9.47 Å². The highest BCUT2D eigenvalue weighted by molar-refractivity contribution is 4.73. The molecule has 3 heteroatoms. The third kappa shape index (κ3) is 5.58. The smallest absolute Gasteiger partial charge is 0.0707 e. The Morgan fingerprint density at radius 3 is 2.64 bits per heavy atom. The van der Waals surface area contributed by atoms with E-state index in [9.17, 15) is 0 Å². The molecule has 3 nitrogen and oxygen atoms in total. The Bertz CT molecular complexity index is 148. The Hall–Kier alpha value is -0.120. The molecule has 1 fully saturated rings. The topological polar surface area (TPSA) is 30.5 Å². The zero-order valence-electron chi connectivity index (χ0n) is 9.64. The van der Waals surface area contributed by atoms with E-state index in [0.29, 0.717) is 19.3 Å². The summed E-state index contributed by atoms with van der Waals surface area (Å²) in [5, 5.41) is 3.40. The molecule has 1 rings (SSSR count). The summed E-state index contributed by atoms with van der Waals surface area (Å²) in [4.78, 5) is 0. The van der Waals surface area contributed by atoms with Gasteiger partial charge in [0, 0.05) is 6.04 Å². The van der Waals surface area contributed by atoms with Gasteiger partial charge in [0.15, 0.2) is 0 Å². The van der Waals surface area contributed by atoms with Crippen molar-refractivity contribution in [3.05, 3.63) is 0 Å². The van der Waals surface area contributed by atoms with Crippen LogP contribution >= 0.6 is 0 Å². The average Bonchev–Trinajstić information content (AvgIpc) is 2.54. The molecule has 84 valence electrons. The molecule has 1 aliphatic heterocycles. The van der Waals surface area contributed by atoms with Crippen molar-refractivity contribution in [2.24, 2.45) is 0 Å². The third-order valence-electron chi connectivity index (χ3n) is 2.24. The summed E-state index contributed by atoms with van der Waals surface area (Å²) in [5.41, 5.74) is -0.0467. The number of hydrogen-bond donors (Lipinski definition) is 1. The Morgan fingerprint density at radius 2 is 2.07 bits per heavy atom. The summed E-state index contributed by atoms with van der Waals surface area (Å²) in [6.07, 6.45) is 2.53. The van der Waals surface area contributed by atoms with E-state index in [1.165, 1.54) is 12.8 Å². The first-order chi connectivity index (χ1) is 6.58. The van der Waals surface area contributed by atoms with Crippen LogP contribution in [0, 0.1) is 0 Å². The quantitative estimate of drug-likeness (QED) is 0.685. The van der Waals surface area contributed by atoms with E-state index in [2.05, 4.69) is 26.1 Å². The average molecular weight is 201 g/mol. The van der Waals surface area contributed by atoms with Crippen molar-refractivity contribution in [3.63, 3.8) is 0 Å². The molecule has 14 heavy (non-hydrogen) atoms. The fraction of sp³-hybridized carbons (Fsp3) is 1.00. The molecule has 1 heterocycles. The molecule has 0 aliphatic carbocycles. The van der Waals surface area contributed by atoms with Crippen molar-refractivity contribution >= 4 is 0 Å². The second kappa shape index (κ2) is 5.69. The highest BCUT2D eigenvalue weighted by Crippen LogP contribution is 2.07. The van der Waals surface area contributed by atoms with E-state index in [4.69, 9.17) is 9.47 Å². The van der Waals surface area contributed by atoms with E-state index >= 15 is 0 Å². The maximum absolute atomic E-state index is 5.55.